The van der Waals surface area contributed by atoms with Crippen molar-refractivity contribution in [2.24, 2.45) is 5.73 Å². The van der Waals surface area contributed by atoms with E-state index in [0.717, 1.165) is 12.0 Å². The lowest BCUT2D eigenvalue weighted by atomic mass is 10.1. The van der Waals surface area contributed by atoms with Gasteiger partial charge in [-0.25, -0.2) is 9.97 Å². The van der Waals surface area contributed by atoms with Crippen LogP contribution in [0, 0.1) is 0 Å². The molecule has 0 atom stereocenters. The summed E-state index contributed by atoms with van der Waals surface area (Å²) < 4.78 is 0. The Morgan fingerprint density at radius 2 is 1.71 bits per heavy atom. The number of unbranched alkanes of at least 4 members (excludes halogenated alkanes) is 3. The molecule has 0 aliphatic carbocycles. The molecule has 0 saturated heterocycles. The third kappa shape index (κ3) is 4.38. The Hall–Kier alpha value is -2.23. The molecule has 1 heterocycles. The van der Waals surface area contributed by atoms with Crippen molar-refractivity contribution >= 4 is 5.91 Å². The molecule has 1 aromatic heterocycles. The zero-order valence-electron chi connectivity index (χ0n) is 12.4. The van der Waals surface area contributed by atoms with Crippen LogP contribution in [0.3, 0.4) is 0 Å². The lowest BCUT2D eigenvalue weighted by Crippen LogP contribution is -2.10. The van der Waals surface area contributed by atoms with E-state index < -0.39 is 5.91 Å². The molecule has 2 aromatic rings. The van der Waals surface area contributed by atoms with Crippen molar-refractivity contribution in [1.29, 1.82) is 0 Å². The monoisotopic (exact) mass is 283 g/mol. The summed E-state index contributed by atoms with van der Waals surface area (Å²) >= 11 is 0. The van der Waals surface area contributed by atoms with Crippen LogP contribution >= 0.6 is 0 Å². The summed E-state index contributed by atoms with van der Waals surface area (Å²) in [5.74, 6) is 0.244. The van der Waals surface area contributed by atoms with Gasteiger partial charge >= 0.3 is 0 Å². The number of nitrogens with two attached hydrogens (primary N) is 1. The molecule has 2 N–H and O–H groups in total. The number of nitrogens with zero attached hydrogens (tertiary/aromatic N) is 2. The van der Waals surface area contributed by atoms with Gasteiger partial charge in [-0.1, -0.05) is 38.3 Å². The minimum atomic E-state index is -0.426. The van der Waals surface area contributed by atoms with E-state index in [1.807, 2.05) is 24.5 Å². The van der Waals surface area contributed by atoms with E-state index in [2.05, 4.69) is 16.9 Å². The van der Waals surface area contributed by atoms with Crippen molar-refractivity contribution < 1.29 is 4.79 Å². The number of primary amides is 1. The largest absolute Gasteiger partial charge is 0.366 e. The molecular formula is C17H21N3O. The Bertz CT molecular complexity index is 576. The number of rotatable bonds is 7. The summed E-state index contributed by atoms with van der Waals surface area (Å²) in [6.07, 6.45) is 9.77. The molecule has 2 rings (SSSR count). The maximum Gasteiger partial charge on any atom is 0.248 e. The molecule has 0 aliphatic rings. The average molecular weight is 283 g/mol. The van der Waals surface area contributed by atoms with Gasteiger partial charge in [0.25, 0.3) is 0 Å². The Morgan fingerprint density at radius 1 is 1.05 bits per heavy atom. The smallest absolute Gasteiger partial charge is 0.248 e. The molecule has 21 heavy (non-hydrogen) atoms. The zero-order chi connectivity index (χ0) is 15.1. The lowest BCUT2D eigenvalue weighted by Gasteiger charge is -2.03. The van der Waals surface area contributed by atoms with Crippen LogP contribution in [0.25, 0.3) is 11.4 Å². The van der Waals surface area contributed by atoms with Crippen LogP contribution < -0.4 is 5.73 Å². The molecule has 4 nitrogen and oxygen atoms in total. The van der Waals surface area contributed by atoms with Crippen molar-refractivity contribution in [2.75, 3.05) is 0 Å². The fourth-order valence-electron chi connectivity index (χ4n) is 2.17. The number of amides is 1. The van der Waals surface area contributed by atoms with Crippen molar-refractivity contribution in [3.63, 3.8) is 0 Å². The highest BCUT2D eigenvalue weighted by Crippen LogP contribution is 2.16. The van der Waals surface area contributed by atoms with Gasteiger partial charge in [0, 0.05) is 23.5 Å². The van der Waals surface area contributed by atoms with Crippen LogP contribution in [-0.2, 0) is 6.42 Å². The van der Waals surface area contributed by atoms with Gasteiger partial charge in [-0.2, -0.15) is 0 Å². The summed E-state index contributed by atoms with van der Waals surface area (Å²) in [7, 11) is 0. The Labute approximate surface area is 125 Å². The van der Waals surface area contributed by atoms with Crippen LogP contribution in [0.1, 0.15) is 48.5 Å². The van der Waals surface area contributed by atoms with Crippen LogP contribution in [0.5, 0.6) is 0 Å². The molecule has 1 aromatic carbocycles. The maximum atomic E-state index is 11.0. The Morgan fingerprint density at radius 3 is 2.29 bits per heavy atom. The second-order valence-corrected chi connectivity index (χ2v) is 5.17. The second kappa shape index (κ2) is 7.53. The first kappa shape index (κ1) is 15.2. The van der Waals surface area contributed by atoms with E-state index in [0.29, 0.717) is 11.4 Å². The van der Waals surface area contributed by atoms with Gasteiger partial charge in [-0.3, -0.25) is 4.79 Å². The predicted octanol–water partition coefficient (Wildman–Crippen LogP) is 3.37. The van der Waals surface area contributed by atoms with Crippen LogP contribution in [-0.4, -0.2) is 15.9 Å². The van der Waals surface area contributed by atoms with E-state index in [1.165, 1.54) is 31.2 Å². The highest BCUT2D eigenvalue weighted by molar-refractivity contribution is 5.93. The molecule has 4 heteroatoms. The van der Waals surface area contributed by atoms with Gasteiger partial charge in [0.1, 0.15) is 0 Å². The molecule has 0 fully saturated rings. The number of carbonyl (C=O) groups excluding carboxylic acids is 1. The molecule has 0 bridgehead atoms. The highest BCUT2D eigenvalue weighted by Gasteiger charge is 2.04. The molecule has 0 aliphatic heterocycles. The van der Waals surface area contributed by atoms with Crippen LogP contribution in [0.15, 0.2) is 36.7 Å². The van der Waals surface area contributed by atoms with Crippen LogP contribution in [0.2, 0.25) is 0 Å². The molecule has 1 amide bonds. The summed E-state index contributed by atoms with van der Waals surface area (Å²) in [5, 5.41) is 0. The van der Waals surface area contributed by atoms with Gasteiger partial charge in [-0.15, -0.1) is 0 Å². The molecule has 0 radical (unpaired) electrons. The SMILES string of the molecule is CCCCCCc1cnc(-c2ccc(C(N)=O)cc2)nc1. The van der Waals surface area contributed by atoms with Crippen molar-refractivity contribution in [3.8, 4) is 11.4 Å². The average Bonchev–Trinajstić information content (AvgIpc) is 2.52. The topological polar surface area (TPSA) is 68.9 Å². The van der Waals surface area contributed by atoms with E-state index in [1.54, 1.807) is 12.1 Å². The summed E-state index contributed by atoms with van der Waals surface area (Å²) in [6, 6.07) is 7.02. The summed E-state index contributed by atoms with van der Waals surface area (Å²) in [5.41, 5.74) is 7.77. The molecule has 110 valence electrons. The molecule has 0 unspecified atom stereocenters. The van der Waals surface area contributed by atoms with Crippen molar-refractivity contribution in [3.05, 3.63) is 47.8 Å². The summed E-state index contributed by atoms with van der Waals surface area (Å²) in [4.78, 5) is 19.8. The normalized spacial score (nSPS) is 10.5. The third-order valence-corrected chi connectivity index (χ3v) is 3.45. The van der Waals surface area contributed by atoms with E-state index in [4.69, 9.17) is 5.73 Å². The number of hydrogen-bond acceptors (Lipinski definition) is 3. The minimum absolute atomic E-state index is 0.426. The number of carbonyl (C=O) groups is 1. The number of aryl methyl sites for hydroxylation is 1. The van der Waals surface area contributed by atoms with Gasteiger partial charge in [0.05, 0.1) is 0 Å². The number of aromatic nitrogens is 2. The zero-order valence-corrected chi connectivity index (χ0v) is 12.4. The Balaban J connectivity index is 1.99. The summed E-state index contributed by atoms with van der Waals surface area (Å²) in [6.45, 7) is 2.21. The highest BCUT2D eigenvalue weighted by atomic mass is 16.1. The van der Waals surface area contributed by atoms with Gasteiger partial charge in [-0.05, 0) is 30.5 Å². The first-order valence-electron chi connectivity index (χ1n) is 7.42. The van der Waals surface area contributed by atoms with Gasteiger partial charge in [0.15, 0.2) is 5.82 Å². The molecule has 0 spiro atoms. The van der Waals surface area contributed by atoms with E-state index in [9.17, 15) is 4.79 Å². The van der Waals surface area contributed by atoms with Crippen molar-refractivity contribution in [2.45, 2.75) is 39.0 Å². The number of benzene rings is 1. The molecular weight excluding hydrogens is 262 g/mol. The third-order valence-electron chi connectivity index (χ3n) is 3.45. The maximum absolute atomic E-state index is 11.0. The fraction of sp³-hybridized carbons (Fsp3) is 0.353. The number of hydrogen-bond donors (Lipinski definition) is 1. The Kier molecular flexibility index (Phi) is 5.43. The first-order valence-corrected chi connectivity index (χ1v) is 7.42. The predicted molar refractivity (Wildman–Crippen MR) is 83.8 cm³/mol. The standard InChI is InChI=1S/C17H21N3O/c1-2-3-4-5-6-13-11-19-17(20-12-13)15-9-7-14(8-10-15)16(18)21/h7-12H,2-6H2,1H3,(H2,18,21). The van der Waals surface area contributed by atoms with Crippen LogP contribution in [0.4, 0.5) is 0 Å². The minimum Gasteiger partial charge on any atom is -0.366 e. The van der Waals surface area contributed by atoms with Gasteiger partial charge < -0.3 is 5.73 Å². The lowest BCUT2D eigenvalue weighted by molar-refractivity contribution is 0.100. The van der Waals surface area contributed by atoms with Crippen molar-refractivity contribution in [1.82, 2.24) is 9.97 Å². The second-order valence-electron chi connectivity index (χ2n) is 5.17. The fourth-order valence-corrected chi connectivity index (χ4v) is 2.17. The quantitative estimate of drug-likeness (QED) is 0.792. The van der Waals surface area contributed by atoms with E-state index in [-0.39, 0.29) is 0 Å². The van der Waals surface area contributed by atoms with E-state index >= 15 is 0 Å². The first-order chi connectivity index (χ1) is 10.2. The molecule has 0 saturated carbocycles. The van der Waals surface area contributed by atoms with Gasteiger partial charge in [0.2, 0.25) is 5.91 Å².